The van der Waals surface area contributed by atoms with Gasteiger partial charge in [-0.05, 0) is 26.0 Å². The highest BCUT2D eigenvalue weighted by atomic mass is 16.4. The fraction of sp³-hybridized carbons (Fsp3) is 0.273. The zero-order valence-corrected chi connectivity index (χ0v) is 9.14. The molecule has 5 heteroatoms. The van der Waals surface area contributed by atoms with E-state index >= 15 is 0 Å². The van der Waals surface area contributed by atoms with E-state index in [0.717, 1.165) is 5.52 Å². The molecule has 1 aromatic carbocycles. The average Bonchev–Trinajstić information content (AvgIpc) is 2.59. The van der Waals surface area contributed by atoms with Crippen LogP contribution in [0.2, 0.25) is 0 Å². The van der Waals surface area contributed by atoms with Crippen molar-refractivity contribution in [3.8, 4) is 0 Å². The molecule has 0 fully saturated rings. The molecular weight excluding hydrogens is 206 g/mol. The quantitative estimate of drug-likeness (QED) is 0.756. The number of nitrogen functional groups attached to an aromatic ring is 1. The number of carboxylic acid groups (broad SMARTS) is 1. The van der Waals surface area contributed by atoms with Gasteiger partial charge in [-0.3, -0.25) is 4.68 Å². The predicted molar refractivity (Wildman–Crippen MR) is 61.5 cm³/mol. The first-order valence-corrected chi connectivity index (χ1v) is 5.00. The van der Waals surface area contributed by atoms with E-state index < -0.39 is 5.97 Å². The lowest BCUT2D eigenvalue weighted by Gasteiger charge is -2.08. The van der Waals surface area contributed by atoms with Crippen molar-refractivity contribution in [1.82, 2.24) is 9.78 Å². The summed E-state index contributed by atoms with van der Waals surface area (Å²) >= 11 is 0. The van der Waals surface area contributed by atoms with E-state index in [1.165, 1.54) is 6.07 Å². The van der Waals surface area contributed by atoms with Gasteiger partial charge in [-0.25, -0.2) is 4.79 Å². The van der Waals surface area contributed by atoms with Crippen molar-refractivity contribution in [3.05, 3.63) is 23.9 Å². The van der Waals surface area contributed by atoms with Gasteiger partial charge in [0.05, 0.1) is 17.3 Å². The van der Waals surface area contributed by atoms with Crippen molar-refractivity contribution in [2.75, 3.05) is 5.73 Å². The summed E-state index contributed by atoms with van der Waals surface area (Å²) in [5.74, 6) is -0.986. The van der Waals surface area contributed by atoms with Crippen LogP contribution in [0.3, 0.4) is 0 Å². The molecule has 2 rings (SSSR count). The lowest BCUT2D eigenvalue weighted by atomic mass is 10.1. The summed E-state index contributed by atoms with van der Waals surface area (Å²) in [7, 11) is 0. The molecule has 0 spiro atoms. The summed E-state index contributed by atoms with van der Waals surface area (Å²) in [5.41, 5.74) is 7.08. The van der Waals surface area contributed by atoms with Crippen molar-refractivity contribution in [1.29, 1.82) is 0 Å². The van der Waals surface area contributed by atoms with Crippen LogP contribution in [0, 0.1) is 0 Å². The highest BCUT2D eigenvalue weighted by molar-refractivity contribution is 6.04. The number of carboxylic acids is 1. The molecule has 0 aliphatic carbocycles. The van der Waals surface area contributed by atoms with Crippen LogP contribution in [-0.2, 0) is 0 Å². The number of nitrogens with zero attached hydrogens (tertiary/aromatic N) is 2. The van der Waals surface area contributed by atoms with Crippen molar-refractivity contribution >= 4 is 22.6 Å². The number of anilines is 1. The van der Waals surface area contributed by atoms with Crippen LogP contribution in [-0.4, -0.2) is 20.9 Å². The number of nitrogens with two attached hydrogens (primary N) is 1. The first-order chi connectivity index (χ1) is 7.50. The van der Waals surface area contributed by atoms with E-state index in [4.69, 9.17) is 10.8 Å². The Labute approximate surface area is 92.5 Å². The van der Waals surface area contributed by atoms with Crippen molar-refractivity contribution < 1.29 is 9.90 Å². The van der Waals surface area contributed by atoms with Gasteiger partial charge >= 0.3 is 5.97 Å². The summed E-state index contributed by atoms with van der Waals surface area (Å²) in [6.07, 6.45) is 1.57. The number of rotatable bonds is 2. The van der Waals surface area contributed by atoms with Crippen LogP contribution in [0.25, 0.3) is 10.9 Å². The van der Waals surface area contributed by atoms with Gasteiger partial charge in [-0.1, -0.05) is 0 Å². The minimum Gasteiger partial charge on any atom is -0.478 e. The van der Waals surface area contributed by atoms with Crippen LogP contribution in [0.4, 0.5) is 5.69 Å². The number of fused-ring (bicyclic) bond motifs is 1. The summed E-state index contributed by atoms with van der Waals surface area (Å²) in [5, 5.41) is 13.9. The van der Waals surface area contributed by atoms with Crippen molar-refractivity contribution in [2.45, 2.75) is 19.9 Å². The molecule has 0 amide bonds. The molecule has 3 N–H and O–H groups in total. The molecule has 0 saturated heterocycles. The Hall–Kier alpha value is -2.04. The first kappa shape index (κ1) is 10.5. The van der Waals surface area contributed by atoms with Gasteiger partial charge in [0.25, 0.3) is 0 Å². The summed E-state index contributed by atoms with van der Waals surface area (Å²) < 4.78 is 1.76. The van der Waals surface area contributed by atoms with Gasteiger partial charge in [0.1, 0.15) is 0 Å². The maximum Gasteiger partial charge on any atom is 0.336 e. The second-order valence-corrected chi connectivity index (χ2v) is 3.99. The smallest absolute Gasteiger partial charge is 0.336 e. The maximum atomic E-state index is 11.1. The fourth-order valence-corrected chi connectivity index (χ4v) is 1.76. The molecule has 0 radical (unpaired) electrons. The number of aromatic nitrogens is 2. The normalized spacial score (nSPS) is 11.2. The summed E-state index contributed by atoms with van der Waals surface area (Å²) in [4.78, 5) is 11.1. The lowest BCUT2D eigenvalue weighted by molar-refractivity contribution is 0.0699. The van der Waals surface area contributed by atoms with E-state index in [2.05, 4.69) is 5.10 Å². The molecule has 0 bridgehead atoms. The van der Waals surface area contributed by atoms with Gasteiger partial charge in [0.2, 0.25) is 0 Å². The Bertz CT molecular complexity index is 558. The first-order valence-electron chi connectivity index (χ1n) is 5.00. The SMILES string of the molecule is CC(C)n1ncc2c(C(=O)O)cc(N)cc21. The Morgan fingerprint density at radius 3 is 2.75 bits per heavy atom. The van der Waals surface area contributed by atoms with Gasteiger partial charge in [0, 0.05) is 17.1 Å². The number of aromatic carboxylic acids is 1. The fourth-order valence-electron chi connectivity index (χ4n) is 1.76. The highest BCUT2D eigenvalue weighted by Crippen LogP contribution is 2.24. The second kappa shape index (κ2) is 3.52. The van der Waals surface area contributed by atoms with E-state index in [0.29, 0.717) is 11.1 Å². The minimum absolute atomic E-state index is 0.168. The van der Waals surface area contributed by atoms with E-state index in [1.54, 1.807) is 16.9 Å². The monoisotopic (exact) mass is 219 g/mol. The van der Waals surface area contributed by atoms with Crippen LogP contribution in [0.5, 0.6) is 0 Å². The van der Waals surface area contributed by atoms with E-state index in [1.807, 2.05) is 13.8 Å². The van der Waals surface area contributed by atoms with Crippen LogP contribution >= 0.6 is 0 Å². The summed E-state index contributed by atoms with van der Waals surface area (Å²) in [6.45, 7) is 3.96. The third kappa shape index (κ3) is 1.50. The van der Waals surface area contributed by atoms with Gasteiger partial charge in [-0.2, -0.15) is 5.10 Å². The molecular formula is C11H13N3O2. The molecule has 0 saturated carbocycles. The average molecular weight is 219 g/mol. The number of hydrogen-bond donors (Lipinski definition) is 2. The van der Waals surface area contributed by atoms with Crippen LogP contribution < -0.4 is 5.73 Å². The third-order valence-corrected chi connectivity index (χ3v) is 2.46. The molecule has 1 aromatic heterocycles. The Balaban J connectivity index is 2.81. The number of benzene rings is 1. The Morgan fingerprint density at radius 1 is 1.50 bits per heavy atom. The number of carbonyl (C=O) groups is 1. The van der Waals surface area contributed by atoms with Gasteiger partial charge < -0.3 is 10.8 Å². The highest BCUT2D eigenvalue weighted by Gasteiger charge is 2.14. The molecule has 84 valence electrons. The molecule has 5 nitrogen and oxygen atoms in total. The lowest BCUT2D eigenvalue weighted by Crippen LogP contribution is -2.04. The second-order valence-electron chi connectivity index (χ2n) is 3.99. The van der Waals surface area contributed by atoms with Crippen molar-refractivity contribution in [3.63, 3.8) is 0 Å². The van der Waals surface area contributed by atoms with Crippen molar-refractivity contribution in [2.24, 2.45) is 0 Å². The standard InChI is InChI=1S/C11H13N3O2/c1-6(2)14-10-4-7(12)3-8(11(15)16)9(10)5-13-14/h3-6H,12H2,1-2H3,(H,15,16). The zero-order valence-electron chi connectivity index (χ0n) is 9.14. The van der Waals surface area contributed by atoms with Gasteiger partial charge in [0.15, 0.2) is 0 Å². The third-order valence-electron chi connectivity index (χ3n) is 2.46. The topological polar surface area (TPSA) is 81.1 Å². The zero-order chi connectivity index (χ0) is 11.9. The van der Waals surface area contributed by atoms with Crippen LogP contribution in [0.15, 0.2) is 18.3 Å². The molecule has 1 heterocycles. The maximum absolute atomic E-state index is 11.1. The van der Waals surface area contributed by atoms with E-state index in [9.17, 15) is 4.79 Å². The largest absolute Gasteiger partial charge is 0.478 e. The predicted octanol–water partition coefficient (Wildman–Crippen LogP) is 1.90. The summed E-state index contributed by atoms with van der Waals surface area (Å²) in [6, 6.07) is 3.37. The molecule has 16 heavy (non-hydrogen) atoms. The molecule has 0 unspecified atom stereocenters. The molecule has 0 aliphatic heterocycles. The Morgan fingerprint density at radius 2 is 2.19 bits per heavy atom. The molecule has 0 atom stereocenters. The molecule has 2 aromatic rings. The van der Waals surface area contributed by atoms with Gasteiger partial charge in [-0.15, -0.1) is 0 Å². The minimum atomic E-state index is -0.986. The Kier molecular flexibility index (Phi) is 2.30. The van der Waals surface area contributed by atoms with E-state index in [-0.39, 0.29) is 11.6 Å². The molecule has 0 aliphatic rings. The number of hydrogen-bond acceptors (Lipinski definition) is 3. The van der Waals surface area contributed by atoms with Crippen LogP contribution in [0.1, 0.15) is 30.2 Å².